The van der Waals surface area contributed by atoms with E-state index in [0.717, 1.165) is 28.0 Å². The fraction of sp³-hybridized carbons (Fsp3) is 0.400. The van der Waals surface area contributed by atoms with Crippen LogP contribution in [-0.4, -0.2) is 20.7 Å². The number of rotatable bonds is 4. The number of aromatic nitrogens is 3. The SMILES string of the molecule is Cc1cnn(C(C)C2CC2)c1NC(=O)c1ccc2[nH]c(C)c(C)c2c1. The maximum absolute atomic E-state index is 12.8. The Labute approximate surface area is 147 Å². The number of nitrogens with zero attached hydrogens (tertiary/aromatic N) is 2. The van der Waals surface area contributed by atoms with Crippen LogP contribution in [0.25, 0.3) is 10.9 Å². The molecule has 2 heterocycles. The molecule has 4 rings (SSSR count). The number of anilines is 1. The van der Waals surface area contributed by atoms with Gasteiger partial charge in [0, 0.05) is 27.7 Å². The molecule has 1 unspecified atom stereocenters. The first-order chi connectivity index (χ1) is 12.0. The number of aromatic amines is 1. The summed E-state index contributed by atoms with van der Waals surface area (Å²) in [7, 11) is 0. The maximum atomic E-state index is 12.8. The Balaban J connectivity index is 1.64. The van der Waals surface area contributed by atoms with Gasteiger partial charge in [-0.25, -0.2) is 4.68 Å². The zero-order chi connectivity index (χ0) is 17.7. The van der Waals surface area contributed by atoms with Gasteiger partial charge in [0.2, 0.25) is 0 Å². The molecular weight excluding hydrogens is 312 g/mol. The standard InChI is InChI=1S/C20H24N4O/c1-11-10-21-24(14(4)15-5-6-15)19(11)23-20(25)16-7-8-18-17(9-16)12(2)13(3)22-18/h7-10,14-15,22H,5-6H2,1-4H3,(H,23,25). The molecule has 1 aliphatic carbocycles. The second kappa shape index (κ2) is 5.76. The number of hydrogen-bond acceptors (Lipinski definition) is 2. The summed E-state index contributed by atoms with van der Waals surface area (Å²) in [6, 6.07) is 6.12. The van der Waals surface area contributed by atoms with Gasteiger partial charge in [-0.2, -0.15) is 5.10 Å². The minimum atomic E-state index is -0.0898. The third kappa shape index (κ3) is 2.73. The lowest BCUT2D eigenvalue weighted by Gasteiger charge is -2.16. The number of nitrogens with one attached hydrogen (secondary N) is 2. The van der Waals surface area contributed by atoms with Crippen LogP contribution in [0.1, 0.15) is 53.0 Å². The van der Waals surface area contributed by atoms with Gasteiger partial charge in [-0.05, 0) is 70.2 Å². The molecule has 1 saturated carbocycles. The maximum Gasteiger partial charge on any atom is 0.256 e. The molecule has 5 heteroatoms. The fourth-order valence-corrected chi connectivity index (χ4v) is 3.47. The summed E-state index contributed by atoms with van der Waals surface area (Å²) >= 11 is 0. The Bertz CT molecular complexity index is 962. The lowest BCUT2D eigenvalue weighted by molar-refractivity contribution is 0.102. The van der Waals surface area contributed by atoms with Crippen molar-refractivity contribution >= 4 is 22.6 Å². The average molecular weight is 336 g/mol. The Morgan fingerprint density at radius 1 is 1.32 bits per heavy atom. The minimum absolute atomic E-state index is 0.0898. The molecule has 0 radical (unpaired) electrons. The van der Waals surface area contributed by atoms with Gasteiger partial charge in [0.25, 0.3) is 5.91 Å². The smallest absolute Gasteiger partial charge is 0.256 e. The fourth-order valence-electron chi connectivity index (χ4n) is 3.47. The largest absolute Gasteiger partial charge is 0.358 e. The highest BCUT2D eigenvalue weighted by Gasteiger charge is 2.31. The molecule has 1 aliphatic rings. The van der Waals surface area contributed by atoms with Gasteiger partial charge in [0.1, 0.15) is 5.82 Å². The van der Waals surface area contributed by atoms with Crippen molar-refractivity contribution in [3.8, 4) is 0 Å². The van der Waals surface area contributed by atoms with Crippen LogP contribution < -0.4 is 5.32 Å². The lowest BCUT2D eigenvalue weighted by Crippen LogP contribution is -2.19. The zero-order valence-corrected chi connectivity index (χ0v) is 15.2. The summed E-state index contributed by atoms with van der Waals surface area (Å²) in [4.78, 5) is 16.2. The molecule has 0 aliphatic heterocycles. The predicted octanol–water partition coefficient (Wildman–Crippen LogP) is 4.51. The van der Waals surface area contributed by atoms with E-state index in [1.54, 1.807) is 0 Å². The highest BCUT2D eigenvalue weighted by Crippen LogP contribution is 2.40. The molecule has 25 heavy (non-hydrogen) atoms. The molecule has 5 nitrogen and oxygen atoms in total. The normalized spacial score (nSPS) is 15.5. The van der Waals surface area contributed by atoms with Crippen LogP contribution in [0.3, 0.4) is 0 Å². The monoisotopic (exact) mass is 336 g/mol. The second-order valence-corrected chi connectivity index (χ2v) is 7.29. The van der Waals surface area contributed by atoms with Gasteiger partial charge in [-0.15, -0.1) is 0 Å². The Hall–Kier alpha value is -2.56. The van der Waals surface area contributed by atoms with Crippen molar-refractivity contribution in [2.75, 3.05) is 5.32 Å². The summed E-state index contributed by atoms with van der Waals surface area (Å²) < 4.78 is 1.97. The van der Waals surface area contributed by atoms with Crippen LogP contribution in [0.15, 0.2) is 24.4 Å². The summed E-state index contributed by atoms with van der Waals surface area (Å²) in [6.07, 6.45) is 4.32. The van der Waals surface area contributed by atoms with E-state index in [9.17, 15) is 4.79 Å². The number of carbonyl (C=O) groups excluding carboxylic acids is 1. The second-order valence-electron chi connectivity index (χ2n) is 7.29. The summed E-state index contributed by atoms with van der Waals surface area (Å²) in [5, 5.41) is 8.67. The minimum Gasteiger partial charge on any atom is -0.358 e. The topological polar surface area (TPSA) is 62.7 Å². The molecule has 130 valence electrons. The van der Waals surface area contributed by atoms with Crippen molar-refractivity contribution in [2.24, 2.45) is 5.92 Å². The van der Waals surface area contributed by atoms with Gasteiger partial charge in [0.15, 0.2) is 0 Å². The number of benzene rings is 1. The molecule has 1 fully saturated rings. The van der Waals surface area contributed by atoms with E-state index in [1.165, 1.54) is 18.4 Å². The molecule has 2 aromatic heterocycles. The molecule has 3 aromatic rings. The van der Waals surface area contributed by atoms with Gasteiger partial charge in [0.05, 0.1) is 12.2 Å². The number of aryl methyl sites for hydroxylation is 3. The number of fused-ring (bicyclic) bond motifs is 1. The van der Waals surface area contributed by atoms with Gasteiger partial charge < -0.3 is 10.3 Å². The van der Waals surface area contributed by atoms with Gasteiger partial charge in [-0.1, -0.05) is 0 Å². The Morgan fingerprint density at radius 2 is 2.08 bits per heavy atom. The van der Waals surface area contributed by atoms with Crippen LogP contribution in [0.5, 0.6) is 0 Å². The van der Waals surface area contributed by atoms with Crippen molar-refractivity contribution in [2.45, 2.75) is 46.6 Å². The average Bonchev–Trinajstić information content (AvgIpc) is 3.33. The van der Waals surface area contributed by atoms with Crippen LogP contribution in [0.2, 0.25) is 0 Å². The lowest BCUT2D eigenvalue weighted by atomic mass is 10.1. The molecular formula is C20H24N4O. The first-order valence-corrected chi connectivity index (χ1v) is 8.90. The van der Waals surface area contributed by atoms with Crippen molar-refractivity contribution in [3.63, 3.8) is 0 Å². The van der Waals surface area contributed by atoms with E-state index >= 15 is 0 Å². The summed E-state index contributed by atoms with van der Waals surface area (Å²) in [5.74, 6) is 1.40. The Kier molecular flexibility index (Phi) is 3.67. The van der Waals surface area contributed by atoms with Crippen LogP contribution >= 0.6 is 0 Å². The molecule has 0 bridgehead atoms. The first kappa shape index (κ1) is 15.9. The highest BCUT2D eigenvalue weighted by atomic mass is 16.1. The van der Waals surface area contributed by atoms with Crippen LogP contribution in [-0.2, 0) is 0 Å². The first-order valence-electron chi connectivity index (χ1n) is 8.90. The Morgan fingerprint density at radius 3 is 2.80 bits per heavy atom. The predicted molar refractivity (Wildman–Crippen MR) is 100 cm³/mol. The third-order valence-corrected chi connectivity index (χ3v) is 5.47. The third-order valence-electron chi connectivity index (χ3n) is 5.47. The molecule has 1 aromatic carbocycles. The van der Waals surface area contributed by atoms with E-state index in [1.807, 2.05) is 36.0 Å². The van der Waals surface area contributed by atoms with Crippen molar-refractivity contribution in [1.82, 2.24) is 14.8 Å². The van der Waals surface area contributed by atoms with Crippen LogP contribution in [0.4, 0.5) is 5.82 Å². The van der Waals surface area contributed by atoms with Crippen molar-refractivity contribution in [1.29, 1.82) is 0 Å². The molecule has 1 atom stereocenters. The zero-order valence-electron chi connectivity index (χ0n) is 15.2. The van der Waals surface area contributed by atoms with Crippen LogP contribution in [0, 0.1) is 26.7 Å². The van der Waals surface area contributed by atoms with E-state index in [-0.39, 0.29) is 5.91 Å². The number of amides is 1. The molecule has 1 amide bonds. The molecule has 0 spiro atoms. The van der Waals surface area contributed by atoms with E-state index < -0.39 is 0 Å². The number of hydrogen-bond donors (Lipinski definition) is 2. The molecule has 2 N–H and O–H groups in total. The summed E-state index contributed by atoms with van der Waals surface area (Å²) in [6.45, 7) is 8.29. The van der Waals surface area contributed by atoms with Gasteiger partial charge >= 0.3 is 0 Å². The quantitative estimate of drug-likeness (QED) is 0.736. The van der Waals surface area contributed by atoms with E-state index in [2.05, 4.69) is 36.2 Å². The summed E-state index contributed by atoms with van der Waals surface area (Å²) in [5.41, 5.74) is 5.06. The number of H-pyrrole nitrogens is 1. The van der Waals surface area contributed by atoms with Crippen molar-refractivity contribution < 1.29 is 4.79 Å². The van der Waals surface area contributed by atoms with Gasteiger partial charge in [-0.3, -0.25) is 4.79 Å². The van der Waals surface area contributed by atoms with E-state index in [4.69, 9.17) is 0 Å². The molecule has 0 saturated heterocycles. The van der Waals surface area contributed by atoms with E-state index in [0.29, 0.717) is 17.5 Å². The highest BCUT2D eigenvalue weighted by molar-refractivity contribution is 6.06. The number of carbonyl (C=O) groups is 1. The van der Waals surface area contributed by atoms with Crippen molar-refractivity contribution in [3.05, 3.63) is 46.8 Å².